The van der Waals surface area contributed by atoms with E-state index in [1.54, 1.807) is 12.1 Å². The highest BCUT2D eigenvalue weighted by Gasteiger charge is 2.21. The van der Waals surface area contributed by atoms with Gasteiger partial charge in [0.25, 0.3) is 0 Å². The number of rotatable bonds is 7. The van der Waals surface area contributed by atoms with Gasteiger partial charge in [0.15, 0.2) is 0 Å². The first-order chi connectivity index (χ1) is 13.0. The largest absolute Gasteiger partial charge is 0.366 e. The first-order valence-electron chi connectivity index (χ1n) is 8.55. The Morgan fingerprint density at radius 3 is 2.04 bits per heavy atom. The standard InChI is InChI=1S/C21H21ClN2O2S/c1-24(19-10-6-3-7-11-19)21(17-8-4-2-5-9-17)16-23-27(25,26)20-14-12-18(22)13-15-20/h2-15,21,23H,16H2,1H3/t21-/m0/s1. The van der Waals surface area contributed by atoms with E-state index in [1.807, 2.05) is 67.7 Å². The summed E-state index contributed by atoms with van der Waals surface area (Å²) in [5.41, 5.74) is 2.04. The van der Waals surface area contributed by atoms with Gasteiger partial charge in [-0.1, -0.05) is 60.1 Å². The highest BCUT2D eigenvalue weighted by Crippen LogP contribution is 2.25. The molecule has 0 aliphatic rings. The molecule has 0 aliphatic heterocycles. The summed E-state index contributed by atoms with van der Waals surface area (Å²) < 4.78 is 28.1. The summed E-state index contributed by atoms with van der Waals surface area (Å²) >= 11 is 5.86. The van der Waals surface area contributed by atoms with Gasteiger partial charge in [-0.25, -0.2) is 13.1 Å². The van der Waals surface area contributed by atoms with E-state index >= 15 is 0 Å². The Labute approximate surface area is 165 Å². The molecular formula is C21H21ClN2O2S. The van der Waals surface area contributed by atoms with Gasteiger partial charge in [0, 0.05) is 24.3 Å². The Morgan fingerprint density at radius 2 is 1.44 bits per heavy atom. The van der Waals surface area contributed by atoms with Gasteiger partial charge < -0.3 is 4.90 Å². The molecule has 0 radical (unpaired) electrons. The number of halogens is 1. The zero-order valence-corrected chi connectivity index (χ0v) is 16.5. The monoisotopic (exact) mass is 400 g/mol. The summed E-state index contributed by atoms with van der Waals surface area (Å²) in [6.45, 7) is 0.236. The van der Waals surface area contributed by atoms with E-state index in [0.717, 1.165) is 11.3 Å². The maximum atomic E-state index is 12.7. The van der Waals surface area contributed by atoms with Crippen LogP contribution in [0.3, 0.4) is 0 Å². The molecule has 3 aromatic carbocycles. The molecule has 0 spiro atoms. The zero-order chi connectivity index (χ0) is 19.3. The van der Waals surface area contributed by atoms with Crippen LogP contribution >= 0.6 is 11.6 Å². The van der Waals surface area contributed by atoms with Crippen molar-refractivity contribution in [1.82, 2.24) is 4.72 Å². The molecule has 3 rings (SSSR count). The second kappa shape index (κ2) is 8.57. The van der Waals surface area contributed by atoms with Gasteiger partial charge in [0.1, 0.15) is 0 Å². The molecule has 0 bridgehead atoms. The number of benzene rings is 3. The molecule has 0 saturated heterocycles. The van der Waals surface area contributed by atoms with Crippen LogP contribution in [0.25, 0.3) is 0 Å². The van der Waals surface area contributed by atoms with Crippen LogP contribution in [0.4, 0.5) is 5.69 Å². The lowest BCUT2D eigenvalue weighted by Gasteiger charge is -2.30. The van der Waals surface area contributed by atoms with Crippen molar-refractivity contribution in [3.05, 3.63) is 95.5 Å². The van der Waals surface area contributed by atoms with Gasteiger partial charge in [-0.2, -0.15) is 0 Å². The molecule has 1 atom stereocenters. The third kappa shape index (κ3) is 4.89. The minimum absolute atomic E-state index is 0.157. The molecule has 27 heavy (non-hydrogen) atoms. The molecular weight excluding hydrogens is 380 g/mol. The SMILES string of the molecule is CN(c1ccccc1)[C@@H](CNS(=O)(=O)c1ccc(Cl)cc1)c1ccccc1. The molecule has 0 saturated carbocycles. The van der Waals surface area contributed by atoms with E-state index in [4.69, 9.17) is 11.6 Å². The van der Waals surface area contributed by atoms with E-state index < -0.39 is 10.0 Å². The molecule has 1 N–H and O–H groups in total. The van der Waals surface area contributed by atoms with Gasteiger partial charge in [0.05, 0.1) is 10.9 Å². The van der Waals surface area contributed by atoms with Crippen LogP contribution < -0.4 is 9.62 Å². The van der Waals surface area contributed by atoms with Crippen LogP contribution in [0.15, 0.2) is 89.8 Å². The van der Waals surface area contributed by atoms with Crippen LogP contribution in [0.5, 0.6) is 0 Å². The quantitative estimate of drug-likeness (QED) is 0.635. The topological polar surface area (TPSA) is 49.4 Å². The fraction of sp³-hybridized carbons (Fsp3) is 0.143. The Morgan fingerprint density at radius 1 is 0.889 bits per heavy atom. The molecule has 140 valence electrons. The smallest absolute Gasteiger partial charge is 0.240 e. The minimum Gasteiger partial charge on any atom is -0.366 e. The molecule has 0 aliphatic carbocycles. The summed E-state index contributed by atoms with van der Waals surface area (Å²) in [5.74, 6) is 0. The summed E-state index contributed by atoms with van der Waals surface area (Å²) in [6, 6.07) is 25.7. The lowest BCUT2D eigenvalue weighted by Crippen LogP contribution is -2.36. The lowest BCUT2D eigenvalue weighted by atomic mass is 10.1. The molecule has 0 amide bonds. The number of likely N-dealkylation sites (N-methyl/N-ethyl adjacent to an activating group) is 1. The average molecular weight is 401 g/mol. The maximum absolute atomic E-state index is 12.7. The van der Waals surface area contributed by atoms with Gasteiger partial charge in [-0.3, -0.25) is 0 Å². The Balaban J connectivity index is 1.85. The summed E-state index contributed by atoms with van der Waals surface area (Å²) in [7, 11) is -1.67. The average Bonchev–Trinajstić information content (AvgIpc) is 2.70. The number of nitrogens with one attached hydrogen (secondary N) is 1. The van der Waals surface area contributed by atoms with Gasteiger partial charge in [0.2, 0.25) is 10.0 Å². The van der Waals surface area contributed by atoms with Gasteiger partial charge >= 0.3 is 0 Å². The molecule has 0 heterocycles. The molecule has 0 aromatic heterocycles. The van der Waals surface area contributed by atoms with Gasteiger partial charge in [-0.15, -0.1) is 0 Å². The van der Waals surface area contributed by atoms with E-state index in [0.29, 0.717) is 5.02 Å². The molecule has 4 nitrogen and oxygen atoms in total. The number of sulfonamides is 1. The van der Waals surface area contributed by atoms with Crippen LogP contribution in [-0.4, -0.2) is 22.0 Å². The lowest BCUT2D eigenvalue weighted by molar-refractivity contribution is 0.567. The van der Waals surface area contributed by atoms with Crippen molar-refractivity contribution in [2.75, 3.05) is 18.5 Å². The number of para-hydroxylation sites is 1. The first-order valence-corrected chi connectivity index (χ1v) is 10.4. The second-order valence-corrected chi connectivity index (χ2v) is 8.38. The molecule has 0 fully saturated rings. The Kier molecular flexibility index (Phi) is 6.16. The fourth-order valence-corrected chi connectivity index (χ4v) is 4.05. The highest BCUT2D eigenvalue weighted by molar-refractivity contribution is 7.89. The third-order valence-corrected chi connectivity index (χ3v) is 6.10. The van der Waals surface area contributed by atoms with E-state index in [2.05, 4.69) is 9.62 Å². The molecule has 3 aromatic rings. The van der Waals surface area contributed by atoms with Crippen LogP contribution in [0.1, 0.15) is 11.6 Å². The minimum atomic E-state index is -3.63. The summed E-state index contributed by atoms with van der Waals surface area (Å²) in [4.78, 5) is 2.26. The van der Waals surface area contributed by atoms with Crippen molar-refractivity contribution >= 4 is 27.3 Å². The van der Waals surface area contributed by atoms with Crippen molar-refractivity contribution in [3.8, 4) is 0 Å². The maximum Gasteiger partial charge on any atom is 0.240 e. The molecule has 6 heteroatoms. The Bertz CT molecular complexity index is 962. The number of hydrogen-bond donors (Lipinski definition) is 1. The normalized spacial score (nSPS) is 12.5. The van der Waals surface area contributed by atoms with E-state index in [1.165, 1.54) is 12.1 Å². The summed E-state index contributed by atoms with van der Waals surface area (Å²) in [5, 5.41) is 0.500. The zero-order valence-electron chi connectivity index (χ0n) is 14.9. The summed E-state index contributed by atoms with van der Waals surface area (Å²) in [6.07, 6.45) is 0. The Hall–Kier alpha value is -2.34. The van der Waals surface area contributed by atoms with Crippen molar-refractivity contribution < 1.29 is 8.42 Å². The second-order valence-electron chi connectivity index (χ2n) is 6.18. The van der Waals surface area contributed by atoms with Crippen molar-refractivity contribution in [2.24, 2.45) is 0 Å². The van der Waals surface area contributed by atoms with Crippen molar-refractivity contribution in [2.45, 2.75) is 10.9 Å². The van der Waals surface area contributed by atoms with E-state index in [9.17, 15) is 8.42 Å². The number of hydrogen-bond acceptors (Lipinski definition) is 3. The fourth-order valence-electron chi connectivity index (χ4n) is 2.88. The first kappa shape index (κ1) is 19.4. The number of nitrogens with zero attached hydrogens (tertiary/aromatic N) is 1. The number of anilines is 1. The van der Waals surface area contributed by atoms with Crippen LogP contribution in [0.2, 0.25) is 5.02 Å². The predicted octanol–water partition coefficient (Wildman–Crippen LogP) is 4.50. The third-order valence-electron chi connectivity index (χ3n) is 4.41. The van der Waals surface area contributed by atoms with E-state index in [-0.39, 0.29) is 17.5 Å². The van der Waals surface area contributed by atoms with Crippen LogP contribution in [0, 0.1) is 0 Å². The predicted molar refractivity (Wildman–Crippen MR) is 111 cm³/mol. The molecule has 0 unspecified atom stereocenters. The highest BCUT2D eigenvalue weighted by atomic mass is 35.5. The van der Waals surface area contributed by atoms with Crippen molar-refractivity contribution in [3.63, 3.8) is 0 Å². The van der Waals surface area contributed by atoms with Crippen LogP contribution in [-0.2, 0) is 10.0 Å². The van der Waals surface area contributed by atoms with Gasteiger partial charge in [-0.05, 0) is 42.0 Å². The van der Waals surface area contributed by atoms with Crippen molar-refractivity contribution in [1.29, 1.82) is 0 Å².